The predicted octanol–water partition coefficient (Wildman–Crippen LogP) is 1.82. The Morgan fingerprint density at radius 1 is 1.53 bits per heavy atom. The monoisotopic (exact) mass is 268 g/mol. The number of hydrogen-bond donors (Lipinski definition) is 3. The van der Waals surface area contributed by atoms with E-state index in [1.165, 1.54) is 0 Å². The van der Waals surface area contributed by atoms with Crippen LogP contribution in [0, 0.1) is 5.92 Å². The summed E-state index contributed by atoms with van der Waals surface area (Å²) in [6.45, 7) is 7.20. The molecule has 0 saturated heterocycles. The molecule has 1 rings (SSSR count). The van der Waals surface area contributed by atoms with Crippen molar-refractivity contribution in [3.63, 3.8) is 0 Å². The number of aliphatic hydroxyl groups excluding tert-OH is 1. The number of carbonyl (C=O) groups is 1. The maximum Gasteiger partial charge on any atom is 0.319 e. The van der Waals surface area contributed by atoms with E-state index in [9.17, 15) is 9.90 Å². The van der Waals surface area contributed by atoms with Gasteiger partial charge in [0.1, 0.15) is 0 Å². The van der Waals surface area contributed by atoms with E-state index in [1.54, 1.807) is 17.8 Å². The fraction of sp³-hybridized carbons (Fsp3) is 0.692. The number of aliphatic hydroxyl groups is 1. The zero-order valence-corrected chi connectivity index (χ0v) is 11.9. The first-order valence-electron chi connectivity index (χ1n) is 6.76. The second-order valence-electron chi connectivity index (χ2n) is 5.02. The van der Waals surface area contributed by atoms with Crippen molar-refractivity contribution in [3.8, 4) is 0 Å². The number of nitrogens with zero attached hydrogens (tertiary/aromatic N) is 2. The summed E-state index contributed by atoms with van der Waals surface area (Å²) in [7, 11) is 0. The number of anilines is 1. The number of urea groups is 1. The van der Waals surface area contributed by atoms with Crippen molar-refractivity contribution in [2.45, 2.75) is 46.3 Å². The molecule has 2 atom stereocenters. The summed E-state index contributed by atoms with van der Waals surface area (Å²) in [6.07, 6.45) is 4.78. The first kappa shape index (κ1) is 15.5. The Morgan fingerprint density at radius 3 is 2.89 bits per heavy atom. The Bertz CT molecular complexity index is 390. The van der Waals surface area contributed by atoms with Crippen LogP contribution in [0.3, 0.4) is 0 Å². The fourth-order valence-corrected chi connectivity index (χ4v) is 1.89. The van der Waals surface area contributed by atoms with Crippen molar-refractivity contribution in [3.05, 3.63) is 12.4 Å². The maximum atomic E-state index is 11.6. The number of nitrogens with one attached hydrogen (secondary N) is 2. The van der Waals surface area contributed by atoms with Crippen molar-refractivity contribution >= 4 is 11.7 Å². The number of aromatic nitrogens is 2. The van der Waals surface area contributed by atoms with E-state index in [-0.39, 0.29) is 18.1 Å². The van der Waals surface area contributed by atoms with Gasteiger partial charge in [-0.2, -0.15) is 5.10 Å². The van der Waals surface area contributed by atoms with Gasteiger partial charge in [0.05, 0.1) is 18.0 Å². The molecule has 1 heterocycles. The van der Waals surface area contributed by atoms with Gasteiger partial charge in [-0.15, -0.1) is 0 Å². The van der Waals surface area contributed by atoms with Crippen LogP contribution in [0.2, 0.25) is 0 Å². The Balaban J connectivity index is 2.30. The van der Waals surface area contributed by atoms with E-state index < -0.39 is 0 Å². The molecule has 2 unspecified atom stereocenters. The Kier molecular flexibility index (Phi) is 6.35. The molecule has 0 aliphatic rings. The molecule has 0 saturated carbocycles. The zero-order valence-electron chi connectivity index (χ0n) is 11.9. The van der Waals surface area contributed by atoms with Crippen molar-refractivity contribution in [1.82, 2.24) is 15.1 Å². The number of carbonyl (C=O) groups excluding carboxylic acids is 1. The third kappa shape index (κ3) is 6.24. The molecule has 0 aliphatic heterocycles. The molecule has 0 aromatic carbocycles. The van der Waals surface area contributed by atoms with Gasteiger partial charge < -0.3 is 15.7 Å². The van der Waals surface area contributed by atoms with E-state index in [0.717, 1.165) is 13.0 Å². The summed E-state index contributed by atoms with van der Waals surface area (Å²) in [6, 6.07) is -0.242. The highest BCUT2D eigenvalue weighted by Gasteiger charge is 2.09. The molecule has 6 nitrogen and oxygen atoms in total. The molecular weight excluding hydrogens is 244 g/mol. The maximum absolute atomic E-state index is 11.6. The summed E-state index contributed by atoms with van der Waals surface area (Å²) in [5.41, 5.74) is 0.689. The SMILES string of the molecule is CCCn1cc(NC(=O)NCC(C)CC(C)O)cn1. The first-order chi connectivity index (χ1) is 9.01. The van der Waals surface area contributed by atoms with Crippen LogP contribution in [-0.4, -0.2) is 33.6 Å². The molecule has 1 aromatic heterocycles. The molecule has 3 N–H and O–H groups in total. The molecule has 6 heteroatoms. The summed E-state index contributed by atoms with van der Waals surface area (Å²) in [5.74, 6) is 0.244. The van der Waals surface area contributed by atoms with E-state index in [1.807, 2.05) is 13.1 Å². The van der Waals surface area contributed by atoms with Crippen molar-refractivity contribution in [2.75, 3.05) is 11.9 Å². The second-order valence-corrected chi connectivity index (χ2v) is 5.02. The Morgan fingerprint density at radius 2 is 2.26 bits per heavy atom. The molecule has 108 valence electrons. The minimum absolute atomic E-state index is 0.242. The van der Waals surface area contributed by atoms with Gasteiger partial charge in [-0.3, -0.25) is 4.68 Å². The molecule has 19 heavy (non-hydrogen) atoms. The van der Waals surface area contributed by atoms with Crippen LogP contribution in [0.4, 0.5) is 10.5 Å². The highest BCUT2D eigenvalue weighted by Crippen LogP contribution is 2.06. The molecule has 0 bridgehead atoms. The number of aryl methyl sites for hydroxylation is 1. The van der Waals surface area contributed by atoms with E-state index in [2.05, 4.69) is 22.7 Å². The van der Waals surface area contributed by atoms with Gasteiger partial charge in [0, 0.05) is 19.3 Å². The standard InChI is InChI=1S/C13H24N4O2/c1-4-5-17-9-12(8-15-17)16-13(19)14-7-10(2)6-11(3)18/h8-11,18H,4-7H2,1-3H3,(H2,14,16,19). The third-order valence-electron chi connectivity index (χ3n) is 2.70. The number of amides is 2. The highest BCUT2D eigenvalue weighted by atomic mass is 16.3. The minimum Gasteiger partial charge on any atom is -0.393 e. The average molecular weight is 268 g/mol. The van der Waals surface area contributed by atoms with E-state index in [0.29, 0.717) is 18.7 Å². The van der Waals surface area contributed by atoms with Crippen molar-refractivity contribution in [2.24, 2.45) is 5.92 Å². The first-order valence-corrected chi connectivity index (χ1v) is 6.76. The fourth-order valence-electron chi connectivity index (χ4n) is 1.89. The van der Waals surface area contributed by atoms with Gasteiger partial charge in [0.2, 0.25) is 0 Å². The lowest BCUT2D eigenvalue weighted by atomic mass is 10.1. The molecule has 0 radical (unpaired) electrons. The smallest absolute Gasteiger partial charge is 0.319 e. The lowest BCUT2D eigenvalue weighted by molar-refractivity contribution is 0.163. The quantitative estimate of drug-likeness (QED) is 0.705. The summed E-state index contributed by atoms with van der Waals surface area (Å²) in [5, 5.41) is 18.9. The number of hydrogen-bond acceptors (Lipinski definition) is 3. The van der Waals surface area contributed by atoms with Crippen LogP contribution in [0.1, 0.15) is 33.6 Å². The van der Waals surface area contributed by atoms with Gasteiger partial charge in [-0.25, -0.2) is 4.79 Å². The predicted molar refractivity (Wildman–Crippen MR) is 75.0 cm³/mol. The van der Waals surface area contributed by atoms with Gasteiger partial charge >= 0.3 is 6.03 Å². The van der Waals surface area contributed by atoms with Crippen LogP contribution < -0.4 is 10.6 Å². The van der Waals surface area contributed by atoms with E-state index in [4.69, 9.17) is 0 Å². The minimum atomic E-state index is -0.341. The average Bonchev–Trinajstić information content (AvgIpc) is 2.73. The summed E-state index contributed by atoms with van der Waals surface area (Å²) in [4.78, 5) is 11.6. The normalized spacial score (nSPS) is 13.9. The summed E-state index contributed by atoms with van der Waals surface area (Å²) < 4.78 is 1.80. The molecule has 0 fully saturated rings. The van der Waals surface area contributed by atoms with Gasteiger partial charge in [0.25, 0.3) is 0 Å². The summed E-state index contributed by atoms with van der Waals surface area (Å²) >= 11 is 0. The van der Waals surface area contributed by atoms with Crippen LogP contribution in [0.5, 0.6) is 0 Å². The molecular formula is C13H24N4O2. The van der Waals surface area contributed by atoms with Crippen LogP contribution in [0.15, 0.2) is 12.4 Å². The highest BCUT2D eigenvalue weighted by molar-refractivity contribution is 5.88. The van der Waals surface area contributed by atoms with Crippen LogP contribution >= 0.6 is 0 Å². The number of rotatable bonds is 7. The van der Waals surface area contributed by atoms with Crippen LogP contribution in [0.25, 0.3) is 0 Å². The molecule has 1 aromatic rings. The van der Waals surface area contributed by atoms with Gasteiger partial charge in [-0.05, 0) is 25.7 Å². The molecule has 0 aliphatic carbocycles. The lowest BCUT2D eigenvalue weighted by Gasteiger charge is -2.14. The van der Waals surface area contributed by atoms with Gasteiger partial charge in [-0.1, -0.05) is 13.8 Å². The van der Waals surface area contributed by atoms with Gasteiger partial charge in [0.15, 0.2) is 0 Å². The molecule has 0 spiro atoms. The Hall–Kier alpha value is -1.56. The zero-order chi connectivity index (χ0) is 14.3. The largest absolute Gasteiger partial charge is 0.393 e. The van der Waals surface area contributed by atoms with Crippen molar-refractivity contribution in [1.29, 1.82) is 0 Å². The molecule has 2 amide bonds. The lowest BCUT2D eigenvalue weighted by Crippen LogP contribution is -2.33. The second kappa shape index (κ2) is 7.78. The van der Waals surface area contributed by atoms with Crippen LogP contribution in [-0.2, 0) is 6.54 Å². The van der Waals surface area contributed by atoms with Crippen molar-refractivity contribution < 1.29 is 9.90 Å². The third-order valence-corrected chi connectivity index (χ3v) is 2.70. The Labute approximate surface area is 114 Å². The van der Waals surface area contributed by atoms with E-state index >= 15 is 0 Å². The topological polar surface area (TPSA) is 79.2 Å².